The topological polar surface area (TPSA) is 76.7 Å². The Balaban J connectivity index is 1.49. The fraction of sp³-hybridized carbons (Fsp3) is 0.263. The number of hydrazine groups is 1. The summed E-state index contributed by atoms with van der Waals surface area (Å²) in [6, 6.07) is 13.1. The summed E-state index contributed by atoms with van der Waals surface area (Å²) in [7, 11) is 0. The van der Waals surface area contributed by atoms with Gasteiger partial charge >= 0.3 is 0 Å². The fourth-order valence-corrected chi connectivity index (χ4v) is 2.75. The summed E-state index contributed by atoms with van der Waals surface area (Å²) in [5, 5.41) is 0.447. The van der Waals surface area contributed by atoms with Crippen molar-refractivity contribution in [3.63, 3.8) is 0 Å². The van der Waals surface area contributed by atoms with Gasteiger partial charge in [0.2, 0.25) is 0 Å². The number of ether oxygens (including phenoxy) is 2. The van der Waals surface area contributed by atoms with E-state index in [0.29, 0.717) is 28.5 Å². The van der Waals surface area contributed by atoms with Crippen LogP contribution in [0.2, 0.25) is 5.02 Å². The van der Waals surface area contributed by atoms with Crippen LogP contribution in [0.3, 0.4) is 0 Å². The molecule has 0 spiro atoms. The van der Waals surface area contributed by atoms with E-state index in [1.54, 1.807) is 42.5 Å². The van der Waals surface area contributed by atoms with Crippen LogP contribution in [-0.2, 0) is 4.74 Å². The summed E-state index contributed by atoms with van der Waals surface area (Å²) in [5.74, 6) is -0.205. The normalized spacial score (nSPS) is 16.1. The molecule has 1 aliphatic rings. The summed E-state index contributed by atoms with van der Waals surface area (Å²) >= 11 is 5.84. The number of halogens is 1. The van der Waals surface area contributed by atoms with Crippen molar-refractivity contribution in [2.45, 2.75) is 18.9 Å². The second kappa shape index (κ2) is 8.69. The molecule has 2 N–H and O–H groups in total. The van der Waals surface area contributed by atoms with E-state index in [0.717, 1.165) is 19.4 Å². The van der Waals surface area contributed by atoms with Crippen molar-refractivity contribution in [2.24, 2.45) is 0 Å². The van der Waals surface area contributed by atoms with Crippen LogP contribution in [-0.4, -0.2) is 31.1 Å². The lowest BCUT2D eigenvalue weighted by Crippen LogP contribution is -2.41. The molecule has 7 heteroatoms. The van der Waals surface area contributed by atoms with Gasteiger partial charge in [-0.1, -0.05) is 17.7 Å². The summed E-state index contributed by atoms with van der Waals surface area (Å²) < 4.78 is 11.2. The Morgan fingerprint density at radius 3 is 2.46 bits per heavy atom. The molecular weight excluding hydrogens is 356 g/mol. The molecule has 2 aromatic carbocycles. The Bertz CT molecular complexity index is 773. The molecule has 1 aliphatic heterocycles. The van der Waals surface area contributed by atoms with E-state index < -0.39 is 11.8 Å². The lowest BCUT2D eigenvalue weighted by molar-refractivity contribution is 0.0679. The van der Waals surface area contributed by atoms with Crippen LogP contribution in [0.5, 0.6) is 5.75 Å². The van der Waals surface area contributed by atoms with Gasteiger partial charge in [-0.2, -0.15) is 0 Å². The molecule has 2 aromatic rings. The van der Waals surface area contributed by atoms with Gasteiger partial charge in [0.1, 0.15) is 12.4 Å². The first-order chi connectivity index (χ1) is 12.6. The van der Waals surface area contributed by atoms with Gasteiger partial charge in [0.25, 0.3) is 11.8 Å². The van der Waals surface area contributed by atoms with E-state index in [-0.39, 0.29) is 6.10 Å². The number of hydrogen-bond acceptors (Lipinski definition) is 4. The van der Waals surface area contributed by atoms with Gasteiger partial charge in [-0.3, -0.25) is 20.4 Å². The molecule has 1 heterocycles. The van der Waals surface area contributed by atoms with Crippen LogP contribution in [0.25, 0.3) is 0 Å². The zero-order chi connectivity index (χ0) is 18.4. The Morgan fingerprint density at radius 2 is 1.81 bits per heavy atom. The van der Waals surface area contributed by atoms with Gasteiger partial charge < -0.3 is 9.47 Å². The van der Waals surface area contributed by atoms with Crippen LogP contribution in [0.15, 0.2) is 48.5 Å². The van der Waals surface area contributed by atoms with Crippen molar-refractivity contribution in [2.75, 3.05) is 13.2 Å². The molecule has 6 nitrogen and oxygen atoms in total. The number of carbonyl (C=O) groups is 2. The fourth-order valence-electron chi connectivity index (χ4n) is 2.56. The number of amides is 2. The maximum absolute atomic E-state index is 12.1. The Kier molecular flexibility index (Phi) is 6.09. The first-order valence-corrected chi connectivity index (χ1v) is 8.70. The lowest BCUT2D eigenvalue weighted by Gasteiger charge is -2.12. The van der Waals surface area contributed by atoms with E-state index in [2.05, 4.69) is 10.9 Å². The summed E-state index contributed by atoms with van der Waals surface area (Å²) in [4.78, 5) is 24.1. The zero-order valence-corrected chi connectivity index (χ0v) is 14.8. The molecule has 0 aliphatic carbocycles. The predicted molar refractivity (Wildman–Crippen MR) is 97.3 cm³/mol. The van der Waals surface area contributed by atoms with Crippen LogP contribution in [0.1, 0.15) is 33.6 Å². The minimum absolute atomic E-state index is 0.139. The van der Waals surface area contributed by atoms with Gasteiger partial charge in [-0.05, 0) is 55.3 Å². The summed E-state index contributed by atoms with van der Waals surface area (Å²) in [5.41, 5.74) is 5.49. The molecule has 1 atom stereocenters. The second-order valence-electron chi connectivity index (χ2n) is 5.89. The van der Waals surface area contributed by atoms with Crippen LogP contribution >= 0.6 is 11.6 Å². The zero-order valence-electron chi connectivity index (χ0n) is 14.0. The van der Waals surface area contributed by atoms with E-state index in [9.17, 15) is 9.59 Å². The number of carbonyl (C=O) groups excluding carboxylic acids is 2. The molecule has 2 amide bonds. The number of nitrogens with one attached hydrogen (secondary N) is 2. The van der Waals surface area contributed by atoms with Crippen molar-refractivity contribution in [1.29, 1.82) is 0 Å². The first-order valence-electron chi connectivity index (χ1n) is 8.32. The highest BCUT2D eigenvalue weighted by molar-refractivity contribution is 6.30. The van der Waals surface area contributed by atoms with Crippen molar-refractivity contribution < 1.29 is 19.1 Å². The minimum atomic E-state index is -0.447. The van der Waals surface area contributed by atoms with Gasteiger partial charge in [0.15, 0.2) is 0 Å². The Labute approximate surface area is 156 Å². The third-order valence-corrected chi connectivity index (χ3v) is 4.19. The van der Waals surface area contributed by atoms with Gasteiger partial charge in [-0.15, -0.1) is 0 Å². The quantitative estimate of drug-likeness (QED) is 0.789. The van der Waals surface area contributed by atoms with E-state index in [1.807, 2.05) is 0 Å². The number of hydrogen-bond donors (Lipinski definition) is 2. The van der Waals surface area contributed by atoms with Crippen LogP contribution < -0.4 is 15.6 Å². The average Bonchev–Trinajstić information content (AvgIpc) is 3.18. The molecule has 0 radical (unpaired) electrons. The third kappa shape index (κ3) is 4.97. The standard InChI is InChI=1S/C19H19ClN2O4/c20-15-4-1-3-14(11-15)19(24)22-21-18(23)13-6-8-16(9-7-13)26-12-17-5-2-10-25-17/h1,3-4,6-9,11,17H,2,5,10,12H2,(H,21,23)(H,22,24). The predicted octanol–water partition coefficient (Wildman–Crippen LogP) is 2.97. The molecule has 1 saturated heterocycles. The third-order valence-electron chi connectivity index (χ3n) is 3.95. The lowest BCUT2D eigenvalue weighted by atomic mass is 10.2. The molecule has 0 aromatic heterocycles. The SMILES string of the molecule is O=C(NNC(=O)c1cccc(Cl)c1)c1ccc(OCC2CCCO2)cc1. The molecule has 0 saturated carbocycles. The smallest absolute Gasteiger partial charge is 0.269 e. The molecular formula is C19H19ClN2O4. The average molecular weight is 375 g/mol. The van der Waals surface area contributed by atoms with Crippen molar-refractivity contribution in [1.82, 2.24) is 10.9 Å². The number of benzene rings is 2. The Morgan fingerprint density at radius 1 is 1.08 bits per heavy atom. The number of rotatable bonds is 5. The summed E-state index contributed by atoms with van der Waals surface area (Å²) in [6.45, 7) is 1.29. The highest BCUT2D eigenvalue weighted by Crippen LogP contribution is 2.16. The van der Waals surface area contributed by atoms with Crippen LogP contribution in [0, 0.1) is 0 Å². The van der Waals surface area contributed by atoms with E-state index >= 15 is 0 Å². The minimum Gasteiger partial charge on any atom is -0.491 e. The van der Waals surface area contributed by atoms with Crippen LogP contribution in [0.4, 0.5) is 0 Å². The largest absolute Gasteiger partial charge is 0.491 e. The molecule has 1 fully saturated rings. The molecule has 1 unspecified atom stereocenters. The maximum Gasteiger partial charge on any atom is 0.269 e. The van der Waals surface area contributed by atoms with Gasteiger partial charge in [0, 0.05) is 22.8 Å². The van der Waals surface area contributed by atoms with Crippen molar-refractivity contribution >= 4 is 23.4 Å². The van der Waals surface area contributed by atoms with Crippen molar-refractivity contribution in [3.8, 4) is 5.75 Å². The van der Waals surface area contributed by atoms with E-state index in [4.69, 9.17) is 21.1 Å². The molecule has 0 bridgehead atoms. The maximum atomic E-state index is 12.1. The molecule has 136 valence electrons. The van der Waals surface area contributed by atoms with Gasteiger partial charge in [-0.25, -0.2) is 0 Å². The van der Waals surface area contributed by atoms with E-state index in [1.165, 1.54) is 6.07 Å². The highest BCUT2D eigenvalue weighted by Gasteiger charge is 2.16. The highest BCUT2D eigenvalue weighted by atomic mass is 35.5. The monoisotopic (exact) mass is 374 g/mol. The second-order valence-corrected chi connectivity index (χ2v) is 6.33. The molecule has 3 rings (SSSR count). The van der Waals surface area contributed by atoms with Crippen molar-refractivity contribution in [3.05, 3.63) is 64.7 Å². The first kappa shape index (κ1) is 18.2. The summed E-state index contributed by atoms with van der Waals surface area (Å²) in [6.07, 6.45) is 2.21. The Hall–Kier alpha value is -2.57. The molecule has 26 heavy (non-hydrogen) atoms. The van der Waals surface area contributed by atoms with Gasteiger partial charge in [0.05, 0.1) is 6.10 Å².